The van der Waals surface area contributed by atoms with E-state index in [1.165, 1.54) is 6.92 Å². The highest BCUT2D eigenvalue weighted by Crippen LogP contribution is 2.33. The van der Waals surface area contributed by atoms with Gasteiger partial charge in [0.15, 0.2) is 0 Å². The lowest BCUT2D eigenvalue weighted by atomic mass is 10.2. The number of aliphatic hydroxyl groups excluding tert-OH is 1. The first-order valence-corrected chi connectivity index (χ1v) is 6.12. The van der Waals surface area contributed by atoms with Crippen molar-refractivity contribution in [2.75, 3.05) is 11.9 Å². The molecule has 0 unspecified atom stereocenters. The minimum absolute atomic E-state index is 0.124. The van der Waals surface area contributed by atoms with Crippen LogP contribution >= 0.6 is 11.6 Å². The lowest BCUT2D eigenvalue weighted by molar-refractivity contribution is -0.137. The molecule has 2 amide bonds. The number of alkyl halides is 3. The zero-order valence-electron chi connectivity index (χ0n) is 10.8. The molecule has 0 fully saturated rings. The molecule has 0 spiro atoms. The third-order valence-corrected chi connectivity index (χ3v) is 2.71. The quantitative estimate of drug-likeness (QED) is 0.742. The van der Waals surface area contributed by atoms with Gasteiger partial charge in [-0.2, -0.15) is 13.2 Å². The molecule has 5 nitrogen and oxygen atoms in total. The van der Waals surface area contributed by atoms with Gasteiger partial charge >= 0.3 is 18.0 Å². The first kappa shape index (κ1) is 17.3. The smallest absolute Gasteiger partial charge is 0.394 e. The molecule has 0 aliphatic heterocycles. The molecule has 3 N–H and O–H groups in total. The summed E-state index contributed by atoms with van der Waals surface area (Å²) in [5.41, 5.74) is -1.09. The number of nitrogens with one attached hydrogen (secondary N) is 2. The minimum Gasteiger partial charge on any atom is -0.394 e. The monoisotopic (exact) mass is 324 g/mol. The Morgan fingerprint density at radius 1 is 1.33 bits per heavy atom. The number of aliphatic hydroxyl groups is 1. The predicted octanol–water partition coefficient (Wildman–Crippen LogP) is 1.79. The maximum atomic E-state index is 12.4. The van der Waals surface area contributed by atoms with E-state index in [2.05, 4.69) is 10.6 Å². The number of benzene rings is 1. The van der Waals surface area contributed by atoms with Crippen LogP contribution in [0.5, 0.6) is 0 Å². The van der Waals surface area contributed by atoms with Crippen LogP contribution in [0.1, 0.15) is 12.5 Å². The molecule has 21 heavy (non-hydrogen) atoms. The molecule has 1 rings (SSSR count). The molecule has 1 aromatic carbocycles. The van der Waals surface area contributed by atoms with Crippen LogP contribution in [-0.2, 0) is 15.8 Å². The average Bonchev–Trinajstić information content (AvgIpc) is 2.39. The molecular formula is C12H12ClF3N2O3. The van der Waals surface area contributed by atoms with E-state index in [0.717, 1.165) is 12.1 Å². The van der Waals surface area contributed by atoms with Gasteiger partial charge in [0.05, 0.1) is 22.9 Å². The maximum Gasteiger partial charge on any atom is 0.416 e. The zero-order valence-corrected chi connectivity index (χ0v) is 11.5. The topological polar surface area (TPSA) is 78.4 Å². The highest BCUT2D eigenvalue weighted by atomic mass is 35.5. The Bertz CT molecular complexity index is 549. The summed E-state index contributed by atoms with van der Waals surface area (Å²) < 4.78 is 37.3. The van der Waals surface area contributed by atoms with Crippen LogP contribution in [0, 0.1) is 0 Å². The van der Waals surface area contributed by atoms with Crippen LogP contribution in [0.4, 0.5) is 18.9 Å². The zero-order chi connectivity index (χ0) is 16.2. The second-order valence-corrected chi connectivity index (χ2v) is 4.61. The van der Waals surface area contributed by atoms with Crippen molar-refractivity contribution in [3.05, 3.63) is 28.8 Å². The van der Waals surface area contributed by atoms with Crippen LogP contribution in [-0.4, -0.2) is 29.6 Å². The van der Waals surface area contributed by atoms with E-state index in [9.17, 15) is 22.8 Å². The van der Waals surface area contributed by atoms with Crippen LogP contribution in [0.3, 0.4) is 0 Å². The lowest BCUT2D eigenvalue weighted by Crippen LogP contribution is -2.42. The largest absolute Gasteiger partial charge is 0.416 e. The number of hydrogen-bond acceptors (Lipinski definition) is 3. The van der Waals surface area contributed by atoms with Gasteiger partial charge in [-0.25, -0.2) is 0 Å². The lowest BCUT2D eigenvalue weighted by Gasteiger charge is -2.12. The fourth-order valence-electron chi connectivity index (χ4n) is 1.31. The van der Waals surface area contributed by atoms with Crippen molar-refractivity contribution in [1.29, 1.82) is 0 Å². The number of amides is 2. The number of anilines is 1. The van der Waals surface area contributed by atoms with Crippen molar-refractivity contribution >= 4 is 29.1 Å². The molecule has 0 bridgehead atoms. The van der Waals surface area contributed by atoms with E-state index in [1.54, 1.807) is 0 Å². The van der Waals surface area contributed by atoms with Crippen LogP contribution < -0.4 is 10.6 Å². The third kappa shape index (κ3) is 4.91. The Balaban J connectivity index is 2.80. The van der Waals surface area contributed by atoms with Crippen molar-refractivity contribution in [3.63, 3.8) is 0 Å². The van der Waals surface area contributed by atoms with Crippen molar-refractivity contribution in [1.82, 2.24) is 5.32 Å². The van der Waals surface area contributed by atoms with E-state index in [1.807, 2.05) is 0 Å². The summed E-state index contributed by atoms with van der Waals surface area (Å²) in [6.07, 6.45) is -4.56. The number of carbonyl (C=O) groups excluding carboxylic acids is 2. The van der Waals surface area contributed by atoms with Gasteiger partial charge < -0.3 is 15.7 Å². The van der Waals surface area contributed by atoms with Crippen molar-refractivity contribution in [2.24, 2.45) is 0 Å². The Morgan fingerprint density at radius 2 is 1.95 bits per heavy atom. The summed E-state index contributed by atoms with van der Waals surface area (Å²) >= 11 is 5.63. The first-order valence-electron chi connectivity index (χ1n) is 5.74. The summed E-state index contributed by atoms with van der Waals surface area (Å²) in [7, 11) is 0. The van der Waals surface area contributed by atoms with E-state index < -0.39 is 29.6 Å². The van der Waals surface area contributed by atoms with Gasteiger partial charge in [-0.15, -0.1) is 0 Å². The normalized spacial score (nSPS) is 12.7. The van der Waals surface area contributed by atoms with E-state index in [-0.39, 0.29) is 17.3 Å². The van der Waals surface area contributed by atoms with Gasteiger partial charge in [-0.05, 0) is 25.1 Å². The van der Waals surface area contributed by atoms with Crippen LogP contribution in [0.25, 0.3) is 0 Å². The molecule has 0 saturated carbocycles. The summed E-state index contributed by atoms with van der Waals surface area (Å²) in [6.45, 7) is 1.11. The molecule has 0 saturated heterocycles. The highest BCUT2D eigenvalue weighted by Gasteiger charge is 2.31. The van der Waals surface area contributed by atoms with E-state index >= 15 is 0 Å². The molecule has 0 aromatic heterocycles. The van der Waals surface area contributed by atoms with Crippen LogP contribution in [0.2, 0.25) is 5.02 Å². The van der Waals surface area contributed by atoms with Gasteiger partial charge in [0.25, 0.3) is 0 Å². The third-order valence-electron chi connectivity index (χ3n) is 2.40. The summed E-state index contributed by atoms with van der Waals surface area (Å²) in [6, 6.07) is 1.69. The fourth-order valence-corrected chi connectivity index (χ4v) is 1.53. The average molecular weight is 325 g/mol. The molecule has 0 radical (unpaired) electrons. The van der Waals surface area contributed by atoms with E-state index in [0.29, 0.717) is 6.07 Å². The highest BCUT2D eigenvalue weighted by molar-refractivity contribution is 6.41. The number of hydrogen-bond donors (Lipinski definition) is 3. The Kier molecular flexibility index (Phi) is 5.56. The second-order valence-electron chi connectivity index (χ2n) is 4.20. The van der Waals surface area contributed by atoms with Crippen molar-refractivity contribution < 1.29 is 27.9 Å². The van der Waals surface area contributed by atoms with Gasteiger partial charge in [-0.1, -0.05) is 11.6 Å². The second kappa shape index (κ2) is 6.77. The SMILES string of the molecule is C[C@@H](CO)NC(=O)C(=O)Nc1ccc(C(F)(F)F)cc1Cl. The van der Waals surface area contributed by atoms with Crippen molar-refractivity contribution in [3.8, 4) is 0 Å². The number of carbonyl (C=O) groups is 2. The summed E-state index contributed by atoms with van der Waals surface area (Å²) in [5.74, 6) is -2.13. The van der Waals surface area contributed by atoms with Crippen molar-refractivity contribution in [2.45, 2.75) is 19.1 Å². The van der Waals surface area contributed by atoms with Gasteiger partial charge in [0.2, 0.25) is 0 Å². The van der Waals surface area contributed by atoms with Gasteiger partial charge in [-0.3, -0.25) is 9.59 Å². The minimum atomic E-state index is -4.56. The molecule has 9 heteroatoms. The van der Waals surface area contributed by atoms with E-state index in [4.69, 9.17) is 16.7 Å². The van der Waals surface area contributed by atoms with Crippen LogP contribution in [0.15, 0.2) is 18.2 Å². The summed E-state index contributed by atoms with van der Waals surface area (Å²) in [4.78, 5) is 22.9. The maximum absolute atomic E-state index is 12.4. The predicted molar refractivity (Wildman–Crippen MR) is 69.8 cm³/mol. The number of halogens is 4. The molecule has 1 atom stereocenters. The molecule has 0 heterocycles. The molecule has 0 aliphatic rings. The molecular weight excluding hydrogens is 313 g/mol. The Morgan fingerprint density at radius 3 is 2.43 bits per heavy atom. The summed E-state index contributed by atoms with van der Waals surface area (Å²) in [5, 5.41) is 12.7. The fraction of sp³-hybridized carbons (Fsp3) is 0.333. The molecule has 0 aliphatic carbocycles. The Labute approximate surface area is 123 Å². The number of rotatable bonds is 3. The molecule has 1 aromatic rings. The standard InChI is InChI=1S/C12H12ClF3N2O3/c1-6(5-19)17-10(20)11(21)18-9-3-2-7(4-8(9)13)12(14,15)16/h2-4,6,19H,5H2,1H3,(H,17,20)(H,18,21)/t6-/m0/s1. The Hall–Kier alpha value is -1.80. The molecule has 116 valence electrons. The van der Waals surface area contributed by atoms with Gasteiger partial charge in [0.1, 0.15) is 0 Å². The van der Waals surface area contributed by atoms with Gasteiger partial charge in [0, 0.05) is 6.04 Å². The first-order chi connectivity index (χ1) is 9.65.